The first-order valence-electron chi connectivity index (χ1n) is 7.02. The highest BCUT2D eigenvalue weighted by Crippen LogP contribution is 2.24. The molecule has 0 spiro atoms. The molecule has 2 aliphatic heterocycles. The molecule has 2 amide bonds. The zero-order chi connectivity index (χ0) is 14.1. The number of aliphatic imine (C=N–C) groups is 1. The number of rotatable bonds is 2. The summed E-state index contributed by atoms with van der Waals surface area (Å²) in [5.41, 5.74) is 1.81. The van der Waals surface area contributed by atoms with Crippen LogP contribution in [0.3, 0.4) is 0 Å². The van der Waals surface area contributed by atoms with Gasteiger partial charge in [0.2, 0.25) is 0 Å². The summed E-state index contributed by atoms with van der Waals surface area (Å²) >= 11 is 0. The van der Waals surface area contributed by atoms with Crippen LogP contribution in [0.15, 0.2) is 29.3 Å². The Balaban J connectivity index is 1.99. The molecule has 0 atom stereocenters. The van der Waals surface area contributed by atoms with E-state index in [-0.39, 0.29) is 17.5 Å². The van der Waals surface area contributed by atoms with Crippen molar-refractivity contribution in [1.29, 1.82) is 0 Å². The first-order valence-corrected chi connectivity index (χ1v) is 7.02. The van der Waals surface area contributed by atoms with Crippen LogP contribution in [-0.4, -0.2) is 40.6 Å². The molecule has 0 aliphatic carbocycles. The summed E-state index contributed by atoms with van der Waals surface area (Å²) in [7, 11) is 0. The second kappa shape index (κ2) is 5.07. The molecule has 104 valence electrons. The van der Waals surface area contributed by atoms with Crippen molar-refractivity contribution in [3.63, 3.8) is 0 Å². The lowest BCUT2D eigenvalue weighted by molar-refractivity contribution is -0.150. The van der Waals surface area contributed by atoms with E-state index in [1.807, 2.05) is 31.2 Å². The number of hydrogen-bond donors (Lipinski definition) is 0. The molecule has 5 nitrogen and oxygen atoms in total. The van der Waals surface area contributed by atoms with E-state index in [2.05, 4.69) is 4.99 Å². The van der Waals surface area contributed by atoms with E-state index in [4.69, 9.17) is 0 Å². The maximum absolute atomic E-state index is 12.3. The van der Waals surface area contributed by atoms with E-state index < -0.39 is 0 Å². The van der Waals surface area contributed by atoms with Gasteiger partial charge in [-0.25, -0.2) is 15.0 Å². The minimum absolute atomic E-state index is 0.0489. The lowest BCUT2D eigenvalue weighted by Crippen LogP contribution is -2.45. The van der Waals surface area contributed by atoms with Crippen molar-refractivity contribution in [2.24, 2.45) is 4.99 Å². The van der Waals surface area contributed by atoms with Gasteiger partial charge >= 0.3 is 0 Å². The molecule has 0 aromatic heterocycles. The number of fused-ring (bicyclic) bond motifs is 1. The van der Waals surface area contributed by atoms with Gasteiger partial charge in [-0.2, -0.15) is 0 Å². The van der Waals surface area contributed by atoms with Crippen LogP contribution in [0.4, 0.5) is 5.69 Å². The van der Waals surface area contributed by atoms with Crippen LogP contribution >= 0.6 is 0 Å². The van der Waals surface area contributed by atoms with Gasteiger partial charge in [0.05, 0.1) is 5.69 Å². The van der Waals surface area contributed by atoms with Crippen molar-refractivity contribution in [1.82, 2.24) is 10.0 Å². The summed E-state index contributed by atoms with van der Waals surface area (Å²) in [6.07, 6.45) is 2.70. The van der Waals surface area contributed by atoms with Gasteiger partial charge in [-0.3, -0.25) is 9.59 Å². The number of benzene rings is 1. The fourth-order valence-electron chi connectivity index (χ4n) is 2.66. The van der Waals surface area contributed by atoms with Gasteiger partial charge in [-0.1, -0.05) is 25.1 Å². The topological polar surface area (TPSA) is 53.0 Å². The molecule has 0 unspecified atom stereocenters. The van der Waals surface area contributed by atoms with Crippen LogP contribution in [0.2, 0.25) is 0 Å². The second-order valence-electron chi connectivity index (χ2n) is 5.01. The summed E-state index contributed by atoms with van der Waals surface area (Å²) in [5, 5.41) is 3.05. The summed E-state index contributed by atoms with van der Waals surface area (Å²) < 4.78 is 0. The highest BCUT2D eigenvalue weighted by atomic mass is 16.2. The average Bonchev–Trinajstić information content (AvgIpc) is 2.73. The normalized spacial score (nSPS) is 18.6. The molecule has 2 aliphatic rings. The van der Waals surface area contributed by atoms with E-state index in [0.717, 1.165) is 24.8 Å². The first-order chi connectivity index (χ1) is 9.72. The number of hydrazine groups is 1. The Kier molecular flexibility index (Phi) is 3.26. The molecule has 2 heterocycles. The van der Waals surface area contributed by atoms with Crippen molar-refractivity contribution in [3.8, 4) is 0 Å². The Bertz CT molecular complexity index is 569. The van der Waals surface area contributed by atoms with E-state index >= 15 is 0 Å². The molecule has 20 heavy (non-hydrogen) atoms. The molecule has 2 saturated heterocycles. The van der Waals surface area contributed by atoms with Gasteiger partial charge in [0.1, 0.15) is 0 Å². The molecule has 5 heteroatoms. The molecule has 0 bridgehead atoms. The summed E-state index contributed by atoms with van der Waals surface area (Å²) in [5.74, 6) is -0.527. The largest absolute Gasteiger partial charge is 0.296 e. The highest BCUT2D eigenvalue weighted by molar-refractivity contribution is 6.67. The monoisotopic (exact) mass is 271 g/mol. The zero-order valence-electron chi connectivity index (χ0n) is 11.5. The van der Waals surface area contributed by atoms with Crippen molar-refractivity contribution < 1.29 is 9.59 Å². The van der Waals surface area contributed by atoms with Gasteiger partial charge < -0.3 is 0 Å². The van der Waals surface area contributed by atoms with Crippen LogP contribution in [0.5, 0.6) is 0 Å². The van der Waals surface area contributed by atoms with Crippen LogP contribution in [0.25, 0.3) is 0 Å². The van der Waals surface area contributed by atoms with Crippen molar-refractivity contribution in [3.05, 3.63) is 29.8 Å². The average molecular weight is 271 g/mol. The Labute approximate surface area is 117 Å². The summed E-state index contributed by atoms with van der Waals surface area (Å²) in [6.45, 7) is 3.25. The Hall–Kier alpha value is -2.17. The number of amides is 2. The number of para-hydroxylation sites is 1. The third-order valence-electron chi connectivity index (χ3n) is 3.76. The quantitative estimate of drug-likeness (QED) is 0.822. The third-order valence-corrected chi connectivity index (χ3v) is 3.76. The second-order valence-corrected chi connectivity index (χ2v) is 5.01. The molecule has 1 aromatic carbocycles. The maximum atomic E-state index is 12.3. The molecular formula is C15H17N3O2. The number of carbonyl (C=O) groups is 2. The van der Waals surface area contributed by atoms with Crippen molar-refractivity contribution >= 4 is 23.2 Å². The van der Waals surface area contributed by atoms with E-state index in [9.17, 15) is 9.59 Å². The Morgan fingerprint density at radius 2 is 1.65 bits per heavy atom. The van der Waals surface area contributed by atoms with E-state index in [1.165, 1.54) is 10.0 Å². The van der Waals surface area contributed by atoms with Crippen molar-refractivity contribution in [2.45, 2.75) is 26.2 Å². The van der Waals surface area contributed by atoms with Gasteiger partial charge in [-0.15, -0.1) is 0 Å². The fourth-order valence-corrected chi connectivity index (χ4v) is 2.66. The smallest absolute Gasteiger partial charge is 0.265 e. The van der Waals surface area contributed by atoms with Crippen LogP contribution in [-0.2, 0) is 16.0 Å². The number of aryl methyl sites for hydroxylation is 1. The van der Waals surface area contributed by atoms with Crippen LogP contribution < -0.4 is 0 Å². The van der Waals surface area contributed by atoms with Gasteiger partial charge in [0.25, 0.3) is 11.8 Å². The molecule has 0 radical (unpaired) electrons. The minimum atomic E-state index is -0.263. The number of hydrogen-bond acceptors (Lipinski definition) is 3. The zero-order valence-corrected chi connectivity index (χ0v) is 11.5. The summed E-state index contributed by atoms with van der Waals surface area (Å²) in [6, 6.07) is 7.62. The fraction of sp³-hybridized carbons (Fsp3) is 0.400. The molecule has 2 fully saturated rings. The third kappa shape index (κ3) is 1.99. The lowest BCUT2D eigenvalue weighted by atomic mass is 10.1. The number of nitrogens with zero attached hydrogens (tertiary/aromatic N) is 3. The van der Waals surface area contributed by atoms with Gasteiger partial charge in [0, 0.05) is 13.1 Å². The summed E-state index contributed by atoms with van der Waals surface area (Å²) in [4.78, 5) is 28.9. The molecule has 0 saturated carbocycles. The molecule has 1 aromatic rings. The Morgan fingerprint density at radius 3 is 2.25 bits per heavy atom. The minimum Gasteiger partial charge on any atom is -0.265 e. The van der Waals surface area contributed by atoms with E-state index in [1.54, 1.807) is 0 Å². The highest BCUT2D eigenvalue weighted by Gasteiger charge is 2.43. The molecular weight excluding hydrogens is 254 g/mol. The molecule has 0 N–H and O–H groups in total. The lowest BCUT2D eigenvalue weighted by Gasteiger charge is -2.31. The predicted octanol–water partition coefficient (Wildman–Crippen LogP) is 1.70. The van der Waals surface area contributed by atoms with Gasteiger partial charge in [-0.05, 0) is 30.9 Å². The van der Waals surface area contributed by atoms with Crippen LogP contribution in [0, 0.1) is 0 Å². The first kappa shape index (κ1) is 12.8. The standard InChI is InChI=1S/C15H17N3O2/c1-2-11-7-3-4-8-12(11)16-13-14(19)17-9-5-6-10-18(17)15(13)20/h3-4,7-8H,2,5-6,9-10H2,1H3. The maximum Gasteiger partial charge on any atom is 0.296 e. The SMILES string of the molecule is CCc1ccccc1N=C1C(=O)N2CCCCN2C1=O. The predicted molar refractivity (Wildman–Crippen MR) is 75.6 cm³/mol. The Morgan fingerprint density at radius 1 is 1.05 bits per heavy atom. The number of carbonyl (C=O) groups excluding carboxylic acids is 2. The van der Waals surface area contributed by atoms with Gasteiger partial charge in [0.15, 0.2) is 5.71 Å². The van der Waals surface area contributed by atoms with Crippen LogP contribution in [0.1, 0.15) is 25.3 Å². The van der Waals surface area contributed by atoms with E-state index in [0.29, 0.717) is 18.8 Å². The van der Waals surface area contributed by atoms with Crippen molar-refractivity contribution in [2.75, 3.05) is 13.1 Å². The molecule has 3 rings (SSSR count).